The molecule has 2 aromatic rings. The van der Waals surface area contributed by atoms with Crippen LogP contribution in [0.3, 0.4) is 0 Å². The SMILES string of the molecule is CC1=C(c2cccc(Br)c2)S(=O)(=O)NC1=N[C@H]1CCCc2ccccc21. The summed E-state index contributed by atoms with van der Waals surface area (Å²) in [6.07, 6.45) is 3.05. The van der Waals surface area contributed by atoms with Crippen molar-refractivity contribution in [2.24, 2.45) is 4.99 Å². The van der Waals surface area contributed by atoms with E-state index in [1.165, 1.54) is 11.1 Å². The van der Waals surface area contributed by atoms with E-state index in [9.17, 15) is 8.42 Å². The summed E-state index contributed by atoms with van der Waals surface area (Å²) in [4.78, 5) is 5.12. The number of nitrogens with one attached hydrogen (secondary N) is 1. The zero-order chi connectivity index (χ0) is 18.3. The van der Waals surface area contributed by atoms with Gasteiger partial charge in [-0.15, -0.1) is 0 Å². The normalized spacial score (nSPS) is 23.0. The van der Waals surface area contributed by atoms with Crippen LogP contribution in [0.15, 0.2) is 63.6 Å². The average molecular weight is 431 g/mol. The highest BCUT2D eigenvalue weighted by atomic mass is 79.9. The van der Waals surface area contributed by atoms with Crippen molar-refractivity contribution in [3.05, 3.63) is 75.3 Å². The molecule has 0 saturated heterocycles. The van der Waals surface area contributed by atoms with Crippen LogP contribution in [-0.4, -0.2) is 14.3 Å². The monoisotopic (exact) mass is 430 g/mol. The first-order valence-electron chi connectivity index (χ1n) is 8.61. The summed E-state index contributed by atoms with van der Waals surface area (Å²) in [5.74, 6) is 0.460. The molecule has 1 heterocycles. The standard InChI is InChI=1S/C20H19BrN2O2S/c1-13-19(15-8-4-9-16(21)12-15)26(24,25)23-20(13)22-18-11-5-7-14-6-2-3-10-17(14)18/h2-4,6,8-10,12,18H,5,7,11H2,1H3,(H,22,23)/t18-/m0/s1. The second-order valence-electron chi connectivity index (χ2n) is 6.65. The van der Waals surface area contributed by atoms with Gasteiger partial charge < -0.3 is 0 Å². The molecule has 1 aliphatic carbocycles. The predicted octanol–water partition coefficient (Wildman–Crippen LogP) is 4.59. The highest BCUT2D eigenvalue weighted by molar-refractivity contribution is 9.10. The minimum Gasteiger partial charge on any atom is -0.263 e. The molecule has 0 radical (unpaired) electrons. The van der Waals surface area contributed by atoms with E-state index in [4.69, 9.17) is 4.99 Å². The van der Waals surface area contributed by atoms with Crippen LogP contribution in [0, 0.1) is 0 Å². The number of benzene rings is 2. The van der Waals surface area contributed by atoms with E-state index < -0.39 is 10.0 Å². The number of hydrogen-bond donors (Lipinski definition) is 1. The number of rotatable bonds is 2. The fourth-order valence-corrected chi connectivity index (χ4v) is 5.61. The number of nitrogens with zero attached hydrogens (tertiary/aromatic N) is 1. The van der Waals surface area contributed by atoms with Gasteiger partial charge in [0.15, 0.2) is 0 Å². The Morgan fingerprint density at radius 3 is 2.77 bits per heavy atom. The minimum atomic E-state index is -3.61. The Bertz CT molecular complexity index is 1040. The molecule has 4 nitrogen and oxygen atoms in total. The summed E-state index contributed by atoms with van der Waals surface area (Å²) in [6.45, 7) is 1.82. The van der Waals surface area contributed by atoms with Crippen LogP contribution in [0.2, 0.25) is 0 Å². The van der Waals surface area contributed by atoms with E-state index in [1.54, 1.807) is 0 Å². The molecule has 0 aromatic heterocycles. The largest absolute Gasteiger partial charge is 0.264 e. The highest BCUT2D eigenvalue weighted by Crippen LogP contribution is 2.36. The van der Waals surface area contributed by atoms with Gasteiger partial charge in [0.25, 0.3) is 10.0 Å². The third-order valence-corrected chi connectivity index (χ3v) is 6.94. The van der Waals surface area contributed by atoms with Gasteiger partial charge in [-0.05, 0) is 55.0 Å². The quantitative estimate of drug-likeness (QED) is 0.756. The molecule has 0 spiro atoms. The molecular formula is C20H19BrN2O2S. The Morgan fingerprint density at radius 1 is 1.15 bits per heavy atom. The maximum absolute atomic E-state index is 12.7. The van der Waals surface area contributed by atoms with Crippen molar-refractivity contribution < 1.29 is 8.42 Å². The third-order valence-electron chi connectivity index (χ3n) is 4.91. The number of sulfonamides is 1. The number of hydrogen-bond acceptors (Lipinski definition) is 3. The summed E-state index contributed by atoms with van der Waals surface area (Å²) >= 11 is 3.41. The molecule has 1 atom stereocenters. The van der Waals surface area contributed by atoms with Gasteiger partial charge in [-0.3, -0.25) is 9.71 Å². The molecular weight excluding hydrogens is 412 g/mol. The van der Waals surface area contributed by atoms with Gasteiger partial charge in [-0.25, -0.2) is 8.42 Å². The van der Waals surface area contributed by atoms with E-state index in [1.807, 2.05) is 43.3 Å². The van der Waals surface area contributed by atoms with E-state index in [0.29, 0.717) is 21.9 Å². The van der Waals surface area contributed by atoms with Gasteiger partial charge in [0.1, 0.15) is 10.7 Å². The Balaban J connectivity index is 1.79. The molecule has 1 N–H and O–H groups in total. The van der Waals surface area contributed by atoms with Crippen LogP contribution >= 0.6 is 15.9 Å². The van der Waals surface area contributed by atoms with Gasteiger partial charge in [-0.1, -0.05) is 52.3 Å². The van der Waals surface area contributed by atoms with Crippen molar-refractivity contribution in [3.8, 4) is 0 Å². The fourth-order valence-electron chi connectivity index (χ4n) is 3.71. The highest BCUT2D eigenvalue weighted by Gasteiger charge is 2.33. The van der Waals surface area contributed by atoms with Crippen molar-refractivity contribution in [2.75, 3.05) is 0 Å². The fraction of sp³-hybridized carbons (Fsp3) is 0.250. The van der Waals surface area contributed by atoms with Crippen molar-refractivity contribution in [2.45, 2.75) is 32.2 Å². The molecule has 26 heavy (non-hydrogen) atoms. The zero-order valence-corrected chi connectivity index (χ0v) is 16.8. The molecule has 0 bridgehead atoms. The molecule has 0 unspecified atom stereocenters. The van der Waals surface area contributed by atoms with Crippen LogP contribution in [0.1, 0.15) is 42.5 Å². The van der Waals surface area contributed by atoms with E-state index in [-0.39, 0.29) is 6.04 Å². The number of fused-ring (bicyclic) bond motifs is 1. The van der Waals surface area contributed by atoms with Crippen LogP contribution in [0.4, 0.5) is 0 Å². The van der Waals surface area contributed by atoms with Gasteiger partial charge in [-0.2, -0.15) is 0 Å². The van der Waals surface area contributed by atoms with E-state index in [0.717, 1.165) is 23.7 Å². The Morgan fingerprint density at radius 2 is 1.96 bits per heavy atom. The number of halogens is 1. The molecule has 0 amide bonds. The van der Waals surface area contributed by atoms with Crippen LogP contribution < -0.4 is 4.72 Å². The maximum atomic E-state index is 12.7. The topological polar surface area (TPSA) is 58.5 Å². The van der Waals surface area contributed by atoms with Gasteiger partial charge in [0.2, 0.25) is 0 Å². The molecule has 0 fully saturated rings. The van der Waals surface area contributed by atoms with Gasteiger partial charge in [0, 0.05) is 10.0 Å². The lowest BCUT2D eigenvalue weighted by Crippen LogP contribution is -2.24. The lowest BCUT2D eigenvalue weighted by Gasteiger charge is -2.22. The number of aryl methyl sites for hydroxylation is 1. The molecule has 134 valence electrons. The summed E-state index contributed by atoms with van der Waals surface area (Å²) in [5.41, 5.74) is 3.85. The second kappa shape index (κ2) is 6.67. The van der Waals surface area contributed by atoms with E-state index in [2.05, 4.69) is 32.8 Å². The van der Waals surface area contributed by atoms with Gasteiger partial charge >= 0.3 is 0 Å². The third kappa shape index (κ3) is 3.12. The average Bonchev–Trinajstić information content (AvgIpc) is 2.83. The maximum Gasteiger partial charge on any atom is 0.264 e. The summed E-state index contributed by atoms with van der Waals surface area (Å²) in [6, 6.07) is 15.6. The van der Waals surface area contributed by atoms with E-state index >= 15 is 0 Å². The van der Waals surface area contributed by atoms with Crippen LogP contribution in [-0.2, 0) is 16.4 Å². The first-order chi connectivity index (χ1) is 12.5. The van der Waals surface area contributed by atoms with Crippen molar-refractivity contribution in [1.29, 1.82) is 0 Å². The lowest BCUT2D eigenvalue weighted by atomic mass is 9.88. The van der Waals surface area contributed by atoms with Crippen molar-refractivity contribution in [3.63, 3.8) is 0 Å². The first-order valence-corrected chi connectivity index (χ1v) is 10.9. The summed E-state index contributed by atoms with van der Waals surface area (Å²) < 4.78 is 28.9. The molecule has 2 aliphatic rings. The second-order valence-corrected chi connectivity index (χ2v) is 9.19. The predicted molar refractivity (Wildman–Crippen MR) is 108 cm³/mol. The van der Waals surface area contributed by atoms with Crippen LogP contribution in [0.25, 0.3) is 4.91 Å². The zero-order valence-electron chi connectivity index (χ0n) is 14.4. The lowest BCUT2D eigenvalue weighted by molar-refractivity contribution is 0.571. The Hall–Kier alpha value is -1.92. The summed E-state index contributed by atoms with van der Waals surface area (Å²) in [5, 5.41) is 0. The number of amidine groups is 1. The number of aliphatic imine (C=N–C) groups is 1. The van der Waals surface area contributed by atoms with Crippen molar-refractivity contribution >= 4 is 36.7 Å². The molecule has 0 saturated carbocycles. The van der Waals surface area contributed by atoms with Crippen molar-refractivity contribution in [1.82, 2.24) is 4.72 Å². The van der Waals surface area contributed by atoms with Crippen LogP contribution in [0.5, 0.6) is 0 Å². The first kappa shape index (κ1) is 17.5. The molecule has 6 heteroatoms. The Labute approximate surface area is 162 Å². The molecule has 4 rings (SSSR count). The molecule has 1 aliphatic heterocycles. The van der Waals surface area contributed by atoms with Gasteiger partial charge in [0.05, 0.1) is 6.04 Å². The smallest absolute Gasteiger partial charge is 0.263 e. The molecule has 2 aromatic carbocycles. The minimum absolute atomic E-state index is 0.00513. The summed E-state index contributed by atoms with van der Waals surface area (Å²) in [7, 11) is -3.61. The Kier molecular flexibility index (Phi) is 4.49.